The lowest BCUT2D eigenvalue weighted by Crippen LogP contribution is -2.36. The van der Waals surface area contributed by atoms with Crippen LogP contribution in [-0.2, 0) is 6.18 Å². The molecule has 1 saturated carbocycles. The second-order valence-corrected chi connectivity index (χ2v) is 5.53. The number of guanidine groups is 1. The molecule has 1 atom stereocenters. The lowest BCUT2D eigenvalue weighted by molar-refractivity contribution is -0.137. The van der Waals surface area contributed by atoms with Crippen LogP contribution in [0.4, 0.5) is 13.2 Å². The highest BCUT2D eigenvalue weighted by Crippen LogP contribution is 2.30. The van der Waals surface area contributed by atoms with Crippen LogP contribution < -0.4 is 10.5 Å². The zero-order valence-corrected chi connectivity index (χ0v) is 12.8. The number of alkyl halides is 3. The van der Waals surface area contributed by atoms with Crippen molar-refractivity contribution in [3.05, 3.63) is 29.8 Å². The number of aliphatic imine (C=N–C) groups is 1. The van der Waals surface area contributed by atoms with Crippen molar-refractivity contribution in [1.82, 2.24) is 4.90 Å². The van der Waals surface area contributed by atoms with Crippen molar-refractivity contribution in [1.29, 1.82) is 0 Å². The topological polar surface area (TPSA) is 71.1 Å². The average Bonchev–Trinajstić information content (AvgIpc) is 3.34. The molecule has 1 aromatic rings. The maximum absolute atomic E-state index is 12.4. The number of halogens is 3. The van der Waals surface area contributed by atoms with E-state index in [1.807, 2.05) is 11.9 Å². The Labute approximate surface area is 132 Å². The fourth-order valence-corrected chi connectivity index (χ4v) is 1.94. The van der Waals surface area contributed by atoms with Crippen molar-refractivity contribution in [2.24, 2.45) is 10.7 Å². The molecular weight excluding hydrogens is 311 g/mol. The van der Waals surface area contributed by atoms with Crippen molar-refractivity contribution in [3.8, 4) is 5.75 Å². The van der Waals surface area contributed by atoms with Gasteiger partial charge in [-0.2, -0.15) is 13.2 Å². The first-order valence-electron chi connectivity index (χ1n) is 7.28. The van der Waals surface area contributed by atoms with Gasteiger partial charge in [0.1, 0.15) is 18.5 Å². The molecule has 1 aliphatic carbocycles. The van der Waals surface area contributed by atoms with Gasteiger partial charge in [0.05, 0.1) is 12.1 Å². The molecule has 5 nitrogen and oxygen atoms in total. The number of aliphatic hydroxyl groups is 1. The molecule has 3 N–H and O–H groups in total. The third-order valence-electron chi connectivity index (χ3n) is 3.54. The van der Waals surface area contributed by atoms with Crippen LogP contribution in [0.15, 0.2) is 29.3 Å². The van der Waals surface area contributed by atoms with E-state index in [1.165, 1.54) is 12.1 Å². The van der Waals surface area contributed by atoms with Gasteiger partial charge >= 0.3 is 6.18 Å². The molecule has 1 aromatic carbocycles. The first-order valence-corrected chi connectivity index (χ1v) is 7.28. The van der Waals surface area contributed by atoms with Crippen LogP contribution >= 0.6 is 0 Å². The minimum absolute atomic E-state index is 0.0729. The Morgan fingerprint density at radius 2 is 2.00 bits per heavy atom. The number of aliphatic hydroxyl groups excluding tert-OH is 1. The number of benzene rings is 1. The summed E-state index contributed by atoms with van der Waals surface area (Å²) in [7, 11) is 1.85. The minimum Gasteiger partial charge on any atom is -0.491 e. The molecule has 0 bridgehead atoms. The Hall–Kier alpha value is -1.96. The van der Waals surface area contributed by atoms with Crippen LogP contribution in [-0.4, -0.2) is 48.3 Å². The minimum atomic E-state index is -4.38. The molecular formula is C15H20F3N3O2. The number of rotatable bonds is 6. The average molecular weight is 331 g/mol. The second kappa shape index (κ2) is 7.08. The summed E-state index contributed by atoms with van der Waals surface area (Å²) < 4.78 is 42.5. The van der Waals surface area contributed by atoms with E-state index in [2.05, 4.69) is 4.99 Å². The summed E-state index contributed by atoms with van der Waals surface area (Å²) in [6.07, 6.45) is -3.08. The van der Waals surface area contributed by atoms with E-state index in [1.54, 1.807) is 0 Å². The van der Waals surface area contributed by atoms with Crippen molar-refractivity contribution < 1.29 is 23.0 Å². The SMILES string of the molecule is CN(C(N)=NCC(O)COc1ccc(C(F)(F)F)cc1)C1CC1. The predicted octanol–water partition coefficient (Wildman–Crippen LogP) is 1.85. The fraction of sp³-hybridized carbons (Fsp3) is 0.533. The van der Waals surface area contributed by atoms with Gasteiger partial charge in [0.25, 0.3) is 0 Å². The van der Waals surface area contributed by atoms with Crippen LogP contribution in [0.3, 0.4) is 0 Å². The smallest absolute Gasteiger partial charge is 0.416 e. The molecule has 0 radical (unpaired) electrons. The predicted molar refractivity (Wildman–Crippen MR) is 80.2 cm³/mol. The van der Waals surface area contributed by atoms with Crippen molar-refractivity contribution in [2.45, 2.75) is 31.2 Å². The number of nitrogens with zero attached hydrogens (tertiary/aromatic N) is 2. The highest BCUT2D eigenvalue weighted by Gasteiger charge is 2.30. The fourth-order valence-electron chi connectivity index (χ4n) is 1.94. The molecule has 0 aromatic heterocycles. The molecule has 128 valence electrons. The summed E-state index contributed by atoms with van der Waals surface area (Å²) >= 11 is 0. The van der Waals surface area contributed by atoms with E-state index in [0.717, 1.165) is 25.0 Å². The zero-order chi connectivity index (χ0) is 17.0. The van der Waals surface area contributed by atoms with Gasteiger partial charge in [0, 0.05) is 13.1 Å². The van der Waals surface area contributed by atoms with E-state index >= 15 is 0 Å². The van der Waals surface area contributed by atoms with E-state index in [9.17, 15) is 18.3 Å². The molecule has 23 heavy (non-hydrogen) atoms. The first kappa shape index (κ1) is 17.4. The Kier molecular flexibility index (Phi) is 5.35. The molecule has 0 aliphatic heterocycles. The van der Waals surface area contributed by atoms with Gasteiger partial charge < -0.3 is 20.5 Å². The van der Waals surface area contributed by atoms with Gasteiger partial charge in [-0.25, -0.2) is 0 Å². The Morgan fingerprint density at radius 3 is 2.52 bits per heavy atom. The summed E-state index contributed by atoms with van der Waals surface area (Å²) in [5.41, 5.74) is 5.04. The third kappa shape index (κ3) is 5.31. The number of hydrogen-bond donors (Lipinski definition) is 2. The van der Waals surface area contributed by atoms with Crippen molar-refractivity contribution in [2.75, 3.05) is 20.2 Å². The van der Waals surface area contributed by atoms with Gasteiger partial charge in [-0.15, -0.1) is 0 Å². The number of nitrogens with two attached hydrogens (primary N) is 1. The zero-order valence-electron chi connectivity index (χ0n) is 12.8. The summed E-state index contributed by atoms with van der Waals surface area (Å²) in [4.78, 5) is 5.95. The lowest BCUT2D eigenvalue weighted by atomic mass is 10.2. The standard InChI is InChI=1S/C15H20F3N3O2/c1-21(11-4-5-11)14(19)20-8-12(22)9-23-13-6-2-10(3-7-13)15(16,17)18/h2-3,6-7,11-12,22H,4-5,8-9H2,1H3,(H2,19,20). The third-order valence-corrected chi connectivity index (χ3v) is 3.54. The number of ether oxygens (including phenoxy) is 1. The Balaban J connectivity index is 1.77. The van der Waals surface area contributed by atoms with Crippen LogP contribution in [0.2, 0.25) is 0 Å². The maximum Gasteiger partial charge on any atom is 0.416 e. The van der Waals surface area contributed by atoms with E-state index in [4.69, 9.17) is 10.5 Å². The van der Waals surface area contributed by atoms with Gasteiger partial charge in [-0.3, -0.25) is 4.99 Å². The highest BCUT2D eigenvalue weighted by molar-refractivity contribution is 5.78. The Morgan fingerprint density at radius 1 is 1.39 bits per heavy atom. The quantitative estimate of drug-likeness (QED) is 0.616. The maximum atomic E-state index is 12.4. The van der Waals surface area contributed by atoms with Crippen LogP contribution in [0.1, 0.15) is 18.4 Å². The largest absolute Gasteiger partial charge is 0.491 e. The van der Waals surface area contributed by atoms with Crippen LogP contribution in [0.25, 0.3) is 0 Å². The molecule has 2 rings (SSSR count). The molecule has 0 spiro atoms. The molecule has 0 heterocycles. The van der Waals surface area contributed by atoms with Gasteiger partial charge in [-0.05, 0) is 37.1 Å². The van der Waals surface area contributed by atoms with Gasteiger partial charge in [0.15, 0.2) is 5.96 Å². The molecule has 0 amide bonds. The molecule has 0 saturated heterocycles. The molecule has 1 unspecified atom stereocenters. The monoisotopic (exact) mass is 331 g/mol. The summed E-state index contributed by atoms with van der Waals surface area (Å²) in [6, 6.07) is 4.73. The number of hydrogen-bond acceptors (Lipinski definition) is 3. The van der Waals surface area contributed by atoms with Crippen molar-refractivity contribution in [3.63, 3.8) is 0 Å². The normalized spacial score (nSPS) is 17.0. The lowest BCUT2D eigenvalue weighted by Gasteiger charge is -2.17. The van der Waals surface area contributed by atoms with E-state index in [0.29, 0.717) is 12.0 Å². The van der Waals surface area contributed by atoms with Crippen molar-refractivity contribution >= 4 is 5.96 Å². The van der Waals surface area contributed by atoms with Gasteiger partial charge in [0.2, 0.25) is 0 Å². The summed E-state index contributed by atoms with van der Waals surface area (Å²) in [6.45, 7) is -0.00118. The van der Waals surface area contributed by atoms with Crippen LogP contribution in [0, 0.1) is 0 Å². The van der Waals surface area contributed by atoms with E-state index in [-0.39, 0.29) is 18.9 Å². The van der Waals surface area contributed by atoms with Gasteiger partial charge in [-0.1, -0.05) is 0 Å². The first-order chi connectivity index (χ1) is 10.8. The molecule has 1 aliphatic rings. The second-order valence-electron chi connectivity index (χ2n) is 5.53. The molecule has 8 heteroatoms. The molecule has 1 fully saturated rings. The summed E-state index contributed by atoms with van der Waals surface area (Å²) in [5, 5.41) is 9.79. The summed E-state index contributed by atoms with van der Waals surface area (Å²) in [5.74, 6) is 0.616. The Bertz CT molecular complexity index is 542. The van der Waals surface area contributed by atoms with Crippen LogP contribution in [0.5, 0.6) is 5.75 Å². The van der Waals surface area contributed by atoms with E-state index < -0.39 is 17.8 Å². The highest BCUT2D eigenvalue weighted by atomic mass is 19.4.